The molecular formula is C16H23Cl5N2. The monoisotopic (exact) mass is 418 g/mol. The number of hydrogen-bond donors (Lipinski definition) is 1. The van der Waals surface area contributed by atoms with E-state index in [-0.39, 0.29) is 24.8 Å². The van der Waals surface area contributed by atoms with Crippen LogP contribution >= 0.6 is 59.6 Å². The fraction of sp³-hybridized carbons (Fsp3) is 0.625. The number of rotatable bonds is 3. The van der Waals surface area contributed by atoms with Gasteiger partial charge in [0.2, 0.25) is 0 Å². The Balaban J connectivity index is 0.00000132. The maximum atomic E-state index is 6.52. The molecule has 0 aromatic heterocycles. The minimum Gasteiger partial charge on any atom is -0.314 e. The Morgan fingerprint density at radius 1 is 1.00 bits per heavy atom. The van der Waals surface area contributed by atoms with Crippen molar-refractivity contribution in [3.8, 4) is 0 Å². The first kappa shape index (κ1) is 21.6. The predicted octanol–water partition coefficient (Wildman–Crippen LogP) is 5.63. The molecule has 1 saturated heterocycles. The first-order valence-electron chi connectivity index (χ1n) is 7.76. The number of benzene rings is 1. The van der Waals surface area contributed by atoms with E-state index < -0.39 is 0 Å². The number of piperazine rings is 1. The molecule has 1 atom stereocenters. The zero-order valence-corrected chi connectivity index (χ0v) is 16.8. The van der Waals surface area contributed by atoms with Crippen molar-refractivity contribution in [3.63, 3.8) is 0 Å². The van der Waals surface area contributed by atoms with Crippen molar-refractivity contribution in [2.24, 2.45) is 5.92 Å². The van der Waals surface area contributed by atoms with Crippen molar-refractivity contribution in [1.82, 2.24) is 10.2 Å². The summed E-state index contributed by atoms with van der Waals surface area (Å²) in [6.07, 6.45) is 5.18. The molecule has 0 radical (unpaired) electrons. The summed E-state index contributed by atoms with van der Waals surface area (Å²) >= 11 is 19.0. The Hall–Kier alpha value is 0.590. The van der Waals surface area contributed by atoms with Crippen LogP contribution in [-0.2, 0) is 0 Å². The van der Waals surface area contributed by atoms with Crippen LogP contribution in [0, 0.1) is 5.92 Å². The summed E-state index contributed by atoms with van der Waals surface area (Å²) in [6, 6.07) is 4.09. The summed E-state index contributed by atoms with van der Waals surface area (Å²) in [7, 11) is 0. The predicted molar refractivity (Wildman–Crippen MR) is 105 cm³/mol. The molecule has 2 aliphatic rings. The largest absolute Gasteiger partial charge is 0.314 e. The normalized spacial score (nSPS) is 20.7. The molecule has 2 nitrogen and oxygen atoms in total. The van der Waals surface area contributed by atoms with Crippen molar-refractivity contribution in [2.45, 2.75) is 31.7 Å². The van der Waals surface area contributed by atoms with Crippen molar-refractivity contribution in [2.75, 3.05) is 26.2 Å². The maximum absolute atomic E-state index is 6.52. The van der Waals surface area contributed by atoms with E-state index in [1.807, 2.05) is 6.07 Å². The van der Waals surface area contributed by atoms with Crippen LogP contribution < -0.4 is 5.32 Å². The summed E-state index contributed by atoms with van der Waals surface area (Å²) in [5, 5.41) is 5.34. The Morgan fingerprint density at radius 3 is 2.22 bits per heavy atom. The van der Waals surface area contributed by atoms with Crippen molar-refractivity contribution in [3.05, 3.63) is 32.8 Å². The van der Waals surface area contributed by atoms with Gasteiger partial charge >= 0.3 is 0 Å². The highest BCUT2D eigenvalue weighted by Crippen LogP contribution is 2.44. The van der Waals surface area contributed by atoms with Crippen LogP contribution in [0.2, 0.25) is 15.1 Å². The molecule has 23 heavy (non-hydrogen) atoms. The van der Waals surface area contributed by atoms with Crippen molar-refractivity contribution < 1.29 is 0 Å². The SMILES string of the molecule is Cl.Cl.Clc1cc(Cl)c(Cl)c([C@H](C2CCCC2)N2CCNCC2)c1. The highest BCUT2D eigenvalue weighted by molar-refractivity contribution is 6.43. The second-order valence-corrected chi connectivity index (χ2v) is 7.29. The lowest BCUT2D eigenvalue weighted by Gasteiger charge is -2.39. The van der Waals surface area contributed by atoms with Crippen LogP contribution in [-0.4, -0.2) is 31.1 Å². The fourth-order valence-corrected chi connectivity index (χ4v) is 4.50. The third-order valence-electron chi connectivity index (χ3n) is 4.73. The molecule has 1 N–H and O–H groups in total. The molecule has 7 heteroatoms. The average molecular weight is 421 g/mol. The lowest BCUT2D eigenvalue weighted by molar-refractivity contribution is 0.125. The van der Waals surface area contributed by atoms with Gasteiger partial charge in [0, 0.05) is 37.2 Å². The summed E-state index contributed by atoms with van der Waals surface area (Å²) < 4.78 is 0. The van der Waals surface area contributed by atoms with Gasteiger partial charge in [-0.05, 0) is 36.5 Å². The van der Waals surface area contributed by atoms with Gasteiger partial charge < -0.3 is 5.32 Å². The van der Waals surface area contributed by atoms with Gasteiger partial charge in [0.15, 0.2) is 0 Å². The van der Waals surface area contributed by atoms with Crippen LogP contribution in [0.5, 0.6) is 0 Å². The van der Waals surface area contributed by atoms with Gasteiger partial charge in [-0.15, -0.1) is 24.8 Å². The molecule has 1 saturated carbocycles. The third-order valence-corrected chi connectivity index (χ3v) is 5.77. The highest BCUT2D eigenvalue weighted by Gasteiger charge is 2.33. The van der Waals surface area contributed by atoms with Crippen LogP contribution in [0.4, 0.5) is 0 Å². The Kier molecular flexibility index (Phi) is 9.32. The smallest absolute Gasteiger partial charge is 0.0641 e. The molecule has 1 aromatic rings. The molecule has 0 unspecified atom stereocenters. The quantitative estimate of drug-likeness (QED) is 0.638. The lowest BCUT2D eigenvalue weighted by Crippen LogP contribution is -2.46. The first-order valence-corrected chi connectivity index (χ1v) is 8.89. The van der Waals surface area contributed by atoms with E-state index in [2.05, 4.69) is 10.2 Å². The molecule has 1 aromatic carbocycles. The topological polar surface area (TPSA) is 15.3 Å². The molecule has 2 fully saturated rings. The Bertz CT molecular complexity index is 499. The number of halogens is 5. The van der Waals surface area contributed by atoms with Crippen LogP contribution in [0.15, 0.2) is 12.1 Å². The van der Waals surface area contributed by atoms with Crippen LogP contribution in [0.25, 0.3) is 0 Å². The van der Waals surface area contributed by atoms with Crippen LogP contribution in [0.1, 0.15) is 37.3 Å². The second-order valence-electron chi connectivity index (χ2n) is 6.07. The van der Waals surface area contributed by atoms with Crippen molar-refractivity contribution in [1.29, 1.82) is 0 Å². The molecule has 0 amide bonds. The standard InChI is InChI=1S/C16H21Cl3N2.2ClH/c17-12-9-13(15(19)14(18)10-12)16(11-3-1-2-4-11)21-7-5-20-6-8-21;;/h9-11,16,20H,1-8H2;2*1H/t16-;;/m0../s1. The van der Waals surface area contributed by atoms with E-state index in [0.717, 1.165) is 31.7 Å². The van der Waals surface area contributed by atoms with Crippen molar-refractivity contribution >= 4 is 59.6 Å². The lowest BCUT2D eigenvalue weighted by atomic mass is 9.89. The molecule has 1 heterocycles. The van der Waals surface area contributed by atoms with E-state index in [1.165, 1.54) is 25.7 Å². The zero-order chi connectivity index (χ0) is 14.8. The average Bonchev–Trinajstić information content (AvgIpc) is 2.99. The molecule has 0 spiro atoms. The Morgan fingerprint density at radius 2 is 1.61 bits per heavy atom. The number of nitrogens with one attached hydrogen (secondary N) is 1. The zero-order valence-electron chi connectivity index (χ0n) is 12.9. The molecular weight excluding hydrogens is 397 g/mol. The molecule has 0 bridgehead atoms. The summed E-state index contributed by atoms with van der Waals surface area (Å²) in [5.41, 5.74) is 1.11. The summed E-state index contributed by atoms with van der Waals surface area (Å²) in [5.74, 6) is 0.662. The maximum Gasteiger partial charge on any atom is 0.0641 e. The van der Waals surface area contributed by atoms with E-state index in [1.54, 1.807) is 6.07 Å². The van der Waals surface area contributed by atoms with Gasteiger partial charge in [-0.25, -0.2) is 0 Å². The minimum absolute atomic E-state index is 0. The molecule has 3 rings (SSSR count). The van der Waals surface area contributed by atoms with Crippen LogP contribution in [0.3, 0.4) is 0 Å². The summed E-state index contributed by atoms with van der Waals surface area (Å²) in [6.45, 7) is 4.19. The first-order chi connectivity index (χ1) is 10.2. The summed E-state index contributed by atoms with van der Waals surface area (Å²) in [4.78, 5) is 2.56. The number of hydrogen-bond acceptors (Lipinski definition) is 2. The molecule has 1 aliphatic carbocycles. The van der Waals surface area contributed by atoms with Gasteiger partial charge in [0.1, 0.15) is 0 Å². The van der Waals surface area contributed by atoms with Gasteiger partial charge in [0.05, 0.1) is 10.0 Å². The minimum atomic E-state index is 0. The van der Waals surface area contributed by atoms with E-state index >= 15 is 0 Å². The molecule has 1 aliphatic heterocycles. The fourth-order valence-electron chi connectivity index (χ4n) is 3.77. The van der Waals surface area contributed by atoms with E-state index in [4.69, 9.17) is 34.8 Å². The van der Waals surface area contributed by atoms with E-state index in [9.17, 15) is 0 Å². The third kappa shape index (κ3) is 5.04. The van der Waals surface area contributed by atoms with E-state index in [0.29, 0.717) is 27.0 Å². The van der Waals surface area contributed by atoms with Gasteiger partial charge in [-0.1, -0.05) is 47.6 Å². The Labute approximate surface area is 166 Å². The second kappa shape index (κ2) is 9.91. The van der Waals surface area contributed by atoms with Gasteiger partial charge in [-0.2, -0.15) is 0 Å². The molecule has 132 valence electrons. The number of nitrogens with zero attached hydrogens (tertiary/aromatic N) is 1. The van der Waals surface area contributed by atoms with Gasteiger partial charge in [-0.3, -0.25) is 4.90 Å². The van der Waals surface area contributed by atoms with Gasteiger partial charge in [0.25, 0.3) is 0 Å². The highest BCUT2D eigenvalue weighted by atomic mass is 35.5.